The van der Waals surface area contributed by atoms with Gasteiger partial charge in [-0.15, -0.1) is 11.8 Å². The van der Waals surface area contributed by atoms with Crippen LogP contribution in [0, 0.1) is 0 Å². The lowest BCUT2D eigenvalue weighted by Gasteiger charge is -2.40. The molecule has 0 saturated carbocycles. The zero-order chi connectivity index (χ0) is 25.2. The molecule has 194 valence electrons. The summed E-state index contributed by atoms with van der Waals surface area (Å²) in [7, 11) is 0. The first-order valence-electron chi connectivity index (χ1n) is 13.2. The average Bonchev–Trinajstić information content (AvgIpc) is 3.73. The van der Waals surface area contributed by atoms with Gasteiger partial charge in [-0.05, 0) is 23.3 Å². The molecule has 2 atom stereocenters. The molecule has 3 aromatic rings. The van der Waals surface area contributed by atoms with Gasteiger partial charge in [-0.2, -0.15) is 0 Å². The molecule has 1 aromatic heterocycles. The van der Waals surface area contributed by atoms with Crippen LogP contribution < -0.4 is 9.91 Å². The van der Waals surface area contributed by atoms with Crippen LogP contribution >= 0.6 is 11.8 Å². The highest BCUT2D eigenvalue weighted by Crippen LogP contribution is 2.48. The minimum Gasteiger partial charge on any atom is -0.371 e. The topological polar surface area (TPSA) is 71.5 Å². The number of hydrazine groups is 1. The predicted octanol–water partition coefficient (Wildman–Crippen LogP) is 4.36. The Labute approximate surface area is 222 Å². The van der Waals surface area contributed by atoms with Gasteiger partial charge in [0.25, 0.3) is 0 Å². The fourth-order valence-electron chi connectivity index (χ4n) is 5.39. The summed E-state index contributed by atoms with van der Waals surface area (Å²) >= 11 is 1.74. The number of anilines is 2. The SMILES string of the molecule is CCCSC1c2c(N3CCN(C(c4ccccc4)c4ccccc4)CC3)ncnc2N(CC2CO2)N1O. The lowest BCUT2D eigenvalue weighted by molar-refractivity contribution is -0.105. The van der Waals surface area contributed by atoms with Crippen molar-refractivity contribution in [3.8, 4) is 0 Å². The molecule has 2 aromatic carbocycles. The molecule has 0 radical (unpaired) electrons. The minimum absolute atomic E-state index is 0.146. The van der Waals surface area contributed by atoms with E-state index in [1.807, 2.05) is 5.01 Å². The van der Waals surface area contributed by atoms with Crippen molar-refractivity contribution in [1.29, 1.82) is 0 Å². The van der Waals surface area contributed by atoms with Gasteiger partial charge in [-0.25, -0.2) is 9.97 Å². The molecule has 2 fully saturated rings. The van der Waals surface area contributed by atoms with Crippen LogP contribution in [-0.2, 0) is 4.74 Å². The van der Waals surface area contributed by atoms with E-state index in [1.54, 1.807) is 18.1 Å². The van der Waals surface area contributed by atoms with Crippen molar-refractivity contribution in [3.05, 3.63) is 83.7 Å². The Kier molecular flexibility index (Phi) is 7.30. The maximum atomic E-state index is 11.2. The molecule has 8 nitrogen and oxygen atoms in total. The van der Waals surface area contributed by atoms with Gasteiger partial charge in [0, 0.05) is 26.2 Å². The van der Waals surface area contributed by atoms with E-state index in [4.69, 9.17) is 9.72 Å². The lowest BCUT2D eigenvalue weighted by atomic mass is 9.96. The highest BCUT2D eigenvalue weighted by atomic mass is 32.2. The van der Waals surface area contributed by atoms with Crippen molar-refractivity contribution in [2.45, 2.75) is 30.9 Å². The number of piperazine rings is 1. The summed E-state index contributed by atoms with van der Waals surface area (Å²) in [5, 5.41) is 14.1. The quantitative estimate of drug-likeness (QED) is 0.416. The first-order chi connectivity index (χ1) is 18.2. The summed E-state index contributed by atoms with van der Waals surface area (Å²) < 4.78 is 5.46. The predicted molar refractivity (Wildman–Crippen MR) is 147 cm³/mol. The van der Waals surface area contributed by atoms with E-state index in [1.165, 1.54) is 16.3 Å². The third-order valence-electron chi connectivity index (χ3n) is 7.26. The van der Waals surface area contributed by atoms with Crippen molar-refractivity contribution in [2.75, 3.05) is 55.0 Å². The number of hydroxylamine groups is 1. The molecule has 4 heterocycles. The summed E-state index contributed by atoms with van der Waals surface area (Å²) in [6, 6.07) is 21.8. The smallest absolute Gasteiger partial charge is 0.156 e. The van der Waals surface area contributed by atoms with Crippen LogP contribution in [0.2, 0.25) is 0 Å². The molecule has 37 heavy (non-hydrogen) atoms. The second-order valence-electron chi connectivity index (χ2n) is 9.76. The number of benzene rings is 2. The van der Waals surface area contributed by atoms with Crippen LogP contribution in [0.25, 0.3) is 0 Å². The van der Waals surface area contributed by atoms with Gasteiger partial charge in [0.1, 0.15) is 23.6 Å². The molecule has 2 saturated heterocycles. The summed E-state index contributed by atoms with van der Waals surface area (Å²) in [6.07, 6.45) is 2.82. The maximum absolute atomic E-state index is 11.2. The molecule has 0 aliphatic carbocycles. The average molecular weight is 519 g/mol. The lowest BCUT2D eigenvalue weighted by Crippen LogP contribution is -2.48. The molecule has 3 aliphatic heterocycles. The van der Waals surface area contributed by atoms with E-state index < -0.39 is 0 Å². The Morgan fingerprint density at radius 3 is 2.16 bits per heavy atom. The fraction of sp³-hybridized carbons (Fsp3) is 0.429. The zero-order valence-corrected chi connectivity index (χ0v) is 22.0. The number of ether oxygens (including phenoxy) is 1. The zero-order valence-electron chi connectivity index (χ0n) is 21.2. The number of epoxide rings is 1. The van der Waals surface area contributed by atoms with Gasteiger partial charge >= 0.3 is 0 Å². The number of thioether (sulfide) groups is 1. The van der Waals surface area contributed by atoms with Gasteiger partial charge in [-0.1, -0.05) is 72.8 Å². The van der Waals surface area contributed by atoms with Crippen LogP contribution in [0.1, 0.15) is 41.5 Å². The van der Waals surface area contributed by atoms with Gasteiger partial charge in [0.05, 0.1) is 24.8 Å². The number of rotatable bonds is 9. The number of hydrogen-bond acceptors (Lipinski definition) is 9. The van der Waals surface area contributed by atoms with Gasteiger partial charge in [-0.3, -0.25) is 15.1 Å². The maximum Gasteiger partial charge on any atom is 0.156 e. The Morgan fingerprint density at radius 2 is 1.57 bits per heavy atom. The highest BCUT2D eigenvalue weighted by molar-refractivity contribution is 7.99. The standard InChI is InChI=1S/C28H34N6O2S/c1-2-17-37-28-24-26(29-20-30-27(24)33(34(28)35)18-23-19-36-23)32-15-13-31(14-16-32)25(21-9-5-3-6-10-21)22-11-7-4-8-12-22/h3-12,20,23,25,28,35H,2,13-19H2,1H3. The number of nitrogens with zero attached hydrogens (tertiary/aromatic N) is 6. The van der Waals surface area contributed by atoms with Crippen LogP contribution in [-0.4, -0.2) is 76.4 Å². The molecule has 3 aliphatic rings. The molecule has 0 bridgehead atoms. The second-order valence-corrected chi connectivity index (χ2v) is 11.0. The first-order valence-corrected chi connectivity index (χ1v) is 14.2. The van der Waals surface area contributed by atoms with Crippen LogP contribution in [0.3, 0.4) is 0 Å². The molecule has 9 heteroatoms. The van der Waals surface area contributed by atoms with Crippen LogP contribution in [0.15, 0.2) is 67.0 Å². The molecule has 6 rings (SSSR count). The summed E-state index contributed by atoms with van der Waals surface area (Å²) in [5.74, 6) is 2.69. The van der Waals surface area contributed by atoms with E-state index in [9.17, 15) is 5.21 Å². The number of aromatic nitrogens is 2. The monoisotopic (exact) mass is 518 g/mol. The molecule has 2 unspecified atom stereocenters. The Hall–Kier alpha value is -2.69. The number of hydrogen-bond donors (Lipinski definition) is 1. The van der Waals surface area contributed by atoms with Crippen LogP contribution in [0.5, 0.6) is 0 Å². The van der Waals surface area contributed by atoms with E-state index >= 15 is 0 Å². The van der Waals surface area contributed by atoms with E-state index in [2.05, 4.69) is 82.4 Å². The summed E-state index contributed by atoms with van der Waals surface area (Å²) in [5.41, 5.74) is 3.64. The Balaban J connectivity index is 1.25. The third-order valence-corrected chi connectivity index (χ3v) is 8.64. The normalized spacial score (nSPS) is 22.0. The number of fused-ring (bicyclic) bond motifs is 1. The van der Waals surface area contributed by atoms with Gasteiger partial charge < -0.3 is 9.64 Å². The Bertz CT molecular complexity index is 1130. The van der Waals surface area contributed by atoms with Crippen molar-refractivity contribution in [3.63, 3.8) is 0 Å². The Morgan fingerprint density at radius 1 is 0.946 bits per heavy atom. The minimum atomic E-state index is -0.218. The first kappa shape index (κ1) is 24.6. The van der Waals surface area contributed by atoms with E-state index in [0.717, 1.165) is 62.2 Å². The summed E-state index contributed by atoms with van der Waals surface area (Å²) in [4.78, 5) is 14.3. The van der Waals surface area contributed by atoms with Gasteiger partial charge in [0.15, 0.2) is 5.82 Å². The van der Waals surface area contributed by atoms with Crippen molar-refractivity contribution in [2.24, 2.45) is 0 Å². The summed E-state index contributed by atoms with van der Waals surface area (Å²) in [6.45, 7) is 7.07. The van der Waals surface area contributed by atoms with Crippen molar-refractivity contribution >= 4 is 23.4 Å². The van der Waals surface area contributed by atoms with Crippen LogP contribution in [0.4, 0.5) is 11.6 Å². The fourth-order valence-corrected chi connectivity index (χ4v) is 6.47. The molecular formula is C28H34N6O2S. The largest absolute Gasteiger partial charge is 0.371 e. The molecule has 1 N–H and O–H groups in total. The molecular weight excluding hydrogens is 484 g/mol. The highest BCUT2D eigenvalue weighted by Gasteiger charge is 2.43. The molecule has 0 spiro atoms. The van der Waals surface area contributed by atoms with Gasteiger partial charge in [0.2, 0.25) is 0 Å². The van der Waals surface area contributed by atoms with E-state index in [0.29, 0.717) is 6.54 Å². The van der Waals surface area contributed by atoms with E-state index in [-0.39, 0.29) is 17.5 Å². The van der Waals surface area contributed by atoms with Crippen molar-refractivity contribution < 1.29 is 9.94 Å². The third kappa shape index (κ3) is 5.06. The second kappa shape index (κ2) is 11.0. The van der Waals surface area contributed by atoms with Crippen molar-refractivity contribution in [1.82, 2.24) is 20.0 Å². The molecule has 0 amide bonds.